The molecule has 0 N–H and O–H groups in total. The zero-order valence-corrected chi connectivity index (χ0v) is 27.9. The molecule has 0 bridgehead atoms. The van der Waals surface area contributed by atoms with Gasteiger partial charge in [-0.3, -0.25) is 0 Å². The normalized spacial score (nSPS) is 11.1. The quantitative estimate of drug-likeness (QED) is 0.163. The van der Waals surface area contributed by atoms with Crippen LogP contribution in [-0.2, 0) is 0 Å². The summed E-state index contributed by atoms with van der Waals surface area (Å²) in [6, 6.07) is 72.7. The Kier molecular flexibility index (Phi) is 7.84. The Morgan fingerprint density at radius 3 is 1.55 bits per heavy atom. The molecule has 51 heavy (non-hydrogen) atoms. The molecule has 0 aliphatic rings. The Bertz CT molecular complexity index is 2540. The second-order valence-corrected chi connectivity index (χ2v) is 12.6. The molecule has 9 rings (SSSR count). The van der Waals surface area contributed by atoms with E-state index in [0.717, 1.165) is 67.2 Å². The second-order valence-electron chi connectivity index (χ2n) is 12.6. The predicted octanol–water partition coefficient (Wildman–Crippen LogP) is 13.9. The highest BCUT2D eigenvalue weighted by Gasteiger charge is 2.21. The first-order valence-corrected chi connectivity index (χ1v) is 17.3. The third-order valence-electron chi connectivity index (χ3n) is 9.44. The first-order valence-electron chi connectivity index (χ1n) is 17.3. The molecule has 0 aliphatic heterocycles. The summed E-state index contributed by atoms with van der Waals surface area (Å²) in [5.41, 5.74) is 12.9. The number of para-hydroxylation sites is 4. The highest BCUT2D eigenvalue weighted by atomic mass is 16.3. The molecule has 9 aromatic rings. The zero-order valence-electron chi connectivity index (χ0n) is 27.9. The van der Waals surface area contributed by atoms with Crippen molar-refractivity contribution in [2.45, 2.75) is 0 Å². The lowest BCUT2D eigenvalue weighted by molar-refractivity contribution is 0.669. The van der Waals surface area contributed by atoms with Crippen molar-refractivity contribution in [2.24, 2.45) is 0 Å². The Hall–Kier alpha value is -6.84. The number of anilines is 6. The fraction of sp³-hybridized carbons (Fsp3) is 0. The van der Waals surface area contributed by atoms with E-state index in [-0.39, 0.29) is 0 Å². The lowest BCUT2D eigenvalue weighted by Gasteiger charge is -2.29. The van der Waals surface area contributed by atoms with E-state index in [2.05, 4.69) is 204 Å². The molecule has 1 heterocycles. The molecule has 0 unspecified atom stereocenters. The third-order valence-corrected chi connectivity index (χ3v) is 9.44. The molecule has 0 saturated carbocycles. The molecule has 1 aromatic heterocycles. The van der Waals surface area contributed by atoms with Gasteiger partial charge < -0.3 is 14.2 Å². The van der Waals surface area contributed by atoms with Crippen LogP contribution in [0.15, 0.2) is 211 Å². The summed E-state index contributed by atoms with van der Waals surface area (Å²) in [7, 11) is 0. The maximum absolute atomic E-state index is 6.38. The van der Waals surface area contributed by atoms with E-state index in [1.807, 2.05) is 12.1 Å². The zero-order chi connectivity index (χ0) is 34.0. The number of benzene rings is 8. The highest BCUT2D eigenvalue weighted by Crippen LogP contribution is 2.45. The van der Waals surface area contributed by atoms with Crippen molar-refractivity contribution in [1.29, 1.82) is 0 Å². The summed E-state index contributed by atoms with van der Waals surface area (Å²) >= 11 is 0. The molecule has 8 aromatic carbocycles. The second kappa shape index (κ2) is 13.2. The topological polar surface area (TPSA) is 19.6 Å². The van der Waals surface area contributed by atoms with E-state index in [0.29, 0.717) is 0 Å². The SMILES string of the molecule is c1ccc(-c2ccc(N(c3cccc(-c4ccccc4N(c4ccccc4)c4ccccc4)c3)c3cccc4oc5ccccc5c34)cc2)cc1. The standard InChI is InChI=1S/C48H34N2O/c1-4-16-35(17-5-1)36-30-32-40(33-31-36)50(45-27-15-29-47-48(45)43-25-11-13-28-46(43)51-47)41-23-14-18-37(34-41)42-24-10-12-26-44(42)49(38-19-6-2-7-20-38)39-21-8-3-9-22-39/h1-34H. The average molecular weight is 655 g/mol. The van der Waals surface area contributed by atoms with Crippen LogP contribution in [0.4, 0.5) is 34.1 Å². The molecular formula is C48H34N2O. The van der Waals surface area contributed by atoms with Crippen molar-refractivity contribution in [3.8, 4) is 22.3 Å². The minimum Gasteiger partial charge on any atom is -0.456 e. The van der Waals surface area contributed by atoms with E-state index in [9.17, 15) is 0 Å². The van der Waals surface area contributed by atoms with E-state index >= 15 is 0 Å². The first-order chi connectivity index (χ1) is 25.3. The van der Waals surface area contributed by atoms with Gasteiger partial charge >= 0.3 is 0 Å². The summed E-state index contributed by atoms with van der Waals surface area (Å²) in [6.45, 7) is 0. The summed E-state index contributed by atoms with van der Waals surface area (Å²) in [4.78, 5) is 4.69. The van der Waals surface area contributed by atoms with E-state index in [1.165, 1.54) is 11.1 Å². The first kappa shape index (κ1) is 30.2. The van der Waals surface area contributed by atoms with Crippen LogP contribution in [-0.4, -0.2) is 0 Å². The smallest absolute Gasteiger partial charge is 0.137 e. The van der Waals surface area contributed by atoms with Crippen LogP contribution in [0.25, 0.3) is 44.2 Å². The minimum absolute atomic E-state index is 0.863. The Balaban J connectivity index is 1.23. The monoisotopic (exact) mass is 654 g/mol. The average Bonchev–Trinajstić information content (AvgIpc) is 3.60. The number of fused-ring (bicyclic) bond motifs is 3. The maximum Gasteiger partial charge on any atom is 0.137 e. The summed E-state index contributed by atoms with van der Waals surface area (Å²) in [5.74, 6) is 0. The van der Waals surface area contributed by atoms with Gasteiger partial charge in [0.15, 0.2) is 0 Å². The molecule has 0 spiro atoms. The maximum atomic E-state index is 6.38. The van der Waals surface area contributed by atoms with E-state index < -0.39 is 0 Å². The molecule has 0 atom stereocenters. The molecule has 0 saturated heterocycles. The highest BCUT2D eigenvalue weighted by molar-refractivity contribution is 6.13. The van der Waals surface area contributed by atoms with Crippen molar-refractivity contribution in [3.63, 3.8) is 0 Å². The van der Waals surface area contributed by atoms with Crippen molar-refractivity contribution in [2.75, 3.05) is 9.80 Å². The van der Waals surface area contributed by atoms with Crippen LogP contribution in [0.1, 0.15) is 0 Å². The van der Waals surface area contributed by atoms with Crippen LogP contribution >= 0.6 is 0 Å². The van der Waals surface area contributed by atoms with Crippen LogP contribution in [0, 0.1) is 0 Å². The van der Waals surface area contributed by atoms with Crippen LogP contribution in [0.2, 0.25) is 0 Å². The fourth-order valence-corrected chi connectivity index (χ4v) is 7.11. The number of hydrogen-bond donors (Lipinski definition) is 0. The van der Waals surface area contributed by atoms with Crippen LogP contribution < -0.4 is 9.80 Å². The van der Waals surface area contributed by atoms with Crippen molar-refractivity contribution >= 4 is 56.1 Å². The van der Waals surface area contributed by atoms with Crippen LogP contribution in [0.3, 0.4) is 0 Å². The van der Waals surface area contributed by atoms with E-state index in [1.54, 1.807) is 0 Å². The third kappa shape index (κ3) is 5.71. The molecule has 0 fully saturated rings. The summed E-state index contributed by atoms with van der Waals surface area (Å²) in [6.07, 6.45) is 0. The number of furan rings is 1. The molecule has 0 radical (unpaired) electrons. The lowest BCUT2D eigenvalue weighted by atomic mass is 10.00. The molecule has 0 aliphatic carbocycles. The molecule has 0 amide bonds. The lowest BCUT2D eigenvalue weighted by Crippen LogP contribution is -2.12. The van der Waals surface area contributed by atoms with Gasteiger partial charge in [-0.2, -0.15) is 0 Å². The van der Waals surface area contributed by atoms with Crippen molar-refractivity contribution < 1.29 is 4.42 Å². The van der Waals surface area contributed by atoms with Gasteiger partial charge in [-0.05, 0) is 89.5 Å². The van der Waals surface area contributed by atoms with Gasteiger partial charge in [-0.1, -0.05) is 133 Å². The van der Waals surface area contributed by atoms with Gasteiger partial charge in [0.2, 0.25) is 0 Å². The van der Waals surface area contributed by atoms with E-state index in [4.69, 9.17) is 4.42 Å². The Morgan fingerprint density at radius 2 is 0.804 bits per heavy atom. The number of hydrogen-bond acceptors (Lipinski definition) is 3. The van der Waals surface area contributed by atoms with Gasteiger partial charge in [0.1, 0.15) is 11.2 Å². The van der Waals surface area contributed by atoms with Crippen molar-refractivity contribution in [3.05, 3.63) is 206 Å². The molecule has 242 valence electrons. The fourth-order valence-electron chi connectivity index (χ4n) is 7.11. The van der Waals surface area contributed by atoms with Crippen LogP contribution in [0.5, 0.6) is 0 Å². The van der Waals surface area contributed by atoms with Gasteiger partial charge in [0.05, 0.1) is 16.8 Å². The van der Waals surface area contributed by atoms with Gasteiger partial charge in [0, 0.05) is 33.7 Å². The largest absolute Gasteiger partial charge is 0.456 e. The summed E-state index contributed by atoms with van der Waals surface area (Å²) < 4.78 is 6.38. The molecule has 3 nitrogen and oxygen atoms in total. The predicted molar refractivity (Wildman–Crippen MR) is 214 cm³/mol. The Labute approximate surface area is 297 Å². The molecular weight excluding hydrogens is 621 g/mol. The summed E-state index contributed by atoms with van der Waals surface area (Å²) in [5, 5.41) is 2.18. The van der Waals surface area contributed by atoms with Gasteiger partial charge in [0.25, 0.3) is 0 Å². The van der Waals surface area contributed by atoms with Gasteiger partial charge in [-0.25, -0.2) is 0 Å². The van der Waals surface area contributed by atoms with Crippen molar-refractivity contribution in [1.82, 2.24) is 0 Å². The van der Waals surface area contributed by atoms with Gasteiger partial charge in [-0.15, -0.1) is 0 Å². The minimum atomic E-state index is 0.863. The number of nitrogens with zero attached hydrogens (tertiary/aromatic N) is 2. The Morgan fingerprint density at radius 1 is 0.314 bits per heavy atom. The number of rotatable bonds is 8. The molecule has 3 heteroatoms.